The van der Waals surface area contributed by atoms with Gasteiger partial charge < -0.3 is 9.64 Å². The van der Waals surface area contributed by atoms with Crippen LogP contribution < -0.4 is 4.74 Å². The molecule has 4 nitrogen and oxygen atoms in total. The topological polar surface area (TPSA) is 32.8 Å². The maximum Gasteiger partial charge on any atom is 0.236 e. The molecule has 1 aromatic carbocycles. The molecule has 0 saturated heterocycles. The third-order valence-electron chi connectivity index (χ3n) is 5.00. The predicted molar refractivity (Wildman–Crippen MR) is 93.5 cm³/mol. The summed E-state index contributed by atoms with van der Waals surface area (Å²) >= 11 is 0. The molecule has 1 aromatic rings. The molecule has 0 N–H and O–H groups in total. The molecule has 0 radical (unpaired) electrons. The first kappa shape index (κ1) is 18.7. The number of amides is 1. The van der Waals surface area contributed by atoms with Gasteiger partial charge in [-0.2, -0.15) is 0 Å². The summed E-state index contributed by atoms with van der Waals surface area (Å²) in [6.45, 7) is 3.15. The molecule has 0 bridgehead atoms. The summed E-state index contributed by atoms with van der Waals surface area (Å²) in [5.74, 6) is 0.773. The lowest BCUT2D eigenvalue weighted by atomic mass is 9.87. The van der Waals surface area contributed by atoms with Gasteiger partial charge in [-0.15, -0.1) is 0 Å². The molecule has 1 amide bonds. The van der Waals surface area contributed by atoms with Gasteiger partial charge in [0.2, 0.25) is 5.91 Å². The Hall–Kier alpha value is -1.62. The fraction of sp³-hybridized carbons (Fsp3) is 0.632. The number of hydrogen-bond acceptors (Lipinski definition) is 3. The molecule has 1 aliphatic carbocycles. The van der Waals surface area contributed by atoms with Crippen LogP contribution in [0.25, 0.3) is 0 Å². The van der Waals surface area contributed by atoms with Gasteiger partial charge in [-0.25, -0.2) is 4.39 Å². The van der Waals surface area contributed by atoms with Crippen LogP contribution >= 0.6 is 0 Å². The number of likely N-dealkylation sites (N-methyl/N-ethyl adjacent to an activating group) is 2. The minimum absolute atomic E-state index is 0.131. The van der Waals surface area contributed by atoms with Crippen LogP contribution in [0.2, 0.25) is 0 Å². The van der Waals surface area contributed by atoms with E-state index in [1.165, 1.54) is 26.0 Å². The first-order chi connectivity index (χ1) is 11.4. The van der Waals surface area contributed by atoms with Gasteiger partial charge in [0.1, 0.15) is 0 Å². The number of hydrogen-bond donors (Lipinski definition) is 0. The third-order valence-corrected chi connectivity index (χ3v) is 5.00. The van der Waals surface area contributed by atoms with Crippen LogP contribution in [-0.4, -0.2) is 49.5 Å². The second-order valence-electron chi connectivity index (χ2n) is 7.06. The molecule has 0 heterocycles. The van der Waals surface area contributed by atoms with E-state index in [1.54, 1.807) is 6.07 Å². The van der Waals surface area contributed by atoms with Crippen LogP contribution in [0.1, 0.15) is 38.2 Å². The summed E-state index contributed by atoms with van der Waals surface area (Å²) in [7, 11) is 5.24. The Morgan fingerprint density at radius 2 is 1.92 bits per heavy atom. The highest BCUT2D eigenvalue weighted by molar-refractivity contribution is 5.78. The zero-order valence-corrected chi connectivity index (χ0v) is 15.2. The van der Waals surface area contributed by atoms with Crippen molar-refractivity contribution >= 4 is 5.91 Å². The average molecular weight is 336 g/mol. The Labute approximate surface area is 144 Å². The highest BCUT2D eigenvalue weighted by atomic mass is 19.1. The largest absolute Gasteiger partial charge is 0.494 e. The Bertz CT molecular complexity index is 556. The standard InChI is InChI=1S/C19H29FN2O2/c1-14-5-8-16(9-6-14)22(3)19(23)13-21(2)12-15-7-10-18(24-4)17(20)11-15/h7,10-11,14,16H,5-6,8-9,12-13H2,1-4H3. The maximum absolute atomic E-state index is 13.7. The summed E-state index contributed by atoms with van der Waals surface area (Å²) in [5, 5.41) is 0. The minimum Gasteiger partial charge on any atom is -0.494 e. The molecule has 0 atom stereocenters. The number of benzene rings is 1. The minimum atomic E-state index is -0.372. The van der Waals surface area contributed by atoms with Crippen molar-refractivity contribution in [3.05, 3.63) is 29.6 Å². The molecule has 0 aliphatic heterocycles. The van der Waals surface area contributed by atoms with Crippen molar-refractivity contribution in [1.82, 2.24) is 9.80 Å². The van der Waals surface area contributed by atoms with Gasteiger partial charge in [0.05, 0.1) is 13.7 Å². The van der Waals surface area contributed by atoms with Crippen molar-refractivity contribution < 1.29 is 13.9 Å². The lowest BCUT2D eigenvalue weighted by molar-refractivity contribution is -0.133. The molecular formula is C19H29FN2O2. The van der Waals surface area contributed by atoms with Gasteiger partial charge in [-0.3, -0.25) is 9.69 Å². The van der Waals surface area contributed by atoms with E-state index in [0.717, 1.165) is 24.3 Å². The number of nitrogens with zero attached hydrogens (tertiary/aromatic N) is 2. The molecule has 5 heteroatoms. The number of methoxy groups -OCH3 is 1. The van der Waals surface area contributed by atoms with Crippen LogP contribution in [0.15, 0.2) is 18.2 Å². The normalized spacial score (nSPS) is 20.9. The van der Waals surface area contributed by atoms with Crippen molar-refractivity contribution in [3.8, 4) is 5.75 Å². The Balaban J connectivity index is 1.85. The lowest BCUT2D eigenvalue weighted by Crippen LogP contribution is -2.43. The number of rotatable bonds is 6. The van der Waals surface area contributed by atoms with Crippen molar-refractivity contribution in [2.45, 2.75) is 45.2 Å². The second kappa shape index (κ2) is 8.47. The molecule has 1 aliphatic rings. The van der Waals surface area contributed by atoms with Gasteiger partial charge in [0.25, 0.3) is 0 Å². The van der Waals surface area contributed by atoms with Crippen molar-refractivity contribution in [2.75, 3.05) is 27.7 Å². The third kappa shape index (κ3) is 4.94. The molecule has 1 fully saturated rings. The Kier molecular flexibility index (Phi) is 6.60. The quantitative estimate of drug-likeness (QED) is 0.799. The van der Waals surface area contributed by atoms with Crippen LogP contribution in [0.5, 0.6) is 5.75 Å². The maximum atomic E-state index is 13.7. The van der Waals surface area contributed by atoms with Crippen LogP contribution in [0, 0.1) is 11.7 Å². The van der Waals surface area contributed by atoms with E-state index in [1.807, 2.05) is 30.0 Å². The molecule has 2 rings (SSSR count). The van der Waals surface area contributed by atoms with Gasteiger partial charge in [0, 0.05) is 19.6 Å². The number of carbonyl (C=O) groups is 1. The van der Waals surface area contributed by atoms with Crippen LogP contribution in [-0.2, 0) is 11.3 Å². The molecule has 0 aromatic heterocycles. The van der Waals surface area contributed by atoms with E-state index < -0.39 is 0 Å². The highest BCUT2D eigenvalue weighted by Crippen LogP contribution is 2.26. The van der Waals surface area contributed by atoms with Crippen molar-refractivity contribution in [1.29, 1.82) is 0 Å². The number of carbonyl (C=O) groups excluding carboxylic acids is 1. The smallest absolute Gasteiger partial charge is 0.236 e. The average Bonchev–Trinajstić information content (AvgIpc) is 2.55. The fourth-order valence-corrected chi connectivity index (χ4v) is 3.35. The first-order valence-electron chi connectivity index (χ1n) is 8.67. The lowest BCUT2D eigenvalue weighted by Gasteiger charge is -2.34. The van der Waals surface area contributed by atoms with Gasteiger partial charge >= 0.3 is 0 Å². The zero-order valence-electron chi connectivity index (χ0n) is 15.2. The number of halogens is 1. The fourth-order valence-electron chi connectivity index (χ4n) is 3.35. The SMILES string of the molecule is COc1ccc(CN(C)CC(=O)N(C)C2CCC(C)CC2)cc1F. The Morgan fingerprint density at radius 3 is 2.50 bits per heavy atom. The highest BCUT2D eigenvalue weighted by Gasteiger charge is 2.25. The molecule has 0 unspecified atom stereocenters. The van der Waals surface area contributed by atoms with Crippen LogP contribution in [0.4, 0.5) is 4.39 Å². The summed E-state index contributed by atoms with van der Waals surface area (Å²) in [6, 6.07) is 5.28. The van der Waals surface area contributed by atoms with Gasteiger partial charge in [-0.1, -0.05) is 13.0 Å². The molecule has 24 heavy (non-hydrogen) atoms. The van der Waals surface area contributed by atoms with E-state index in [9.17, 15) is 9.18 Å². The van der Waals surface area contributed by atoms with E-state index in [-0.39, 0.29) is 17.5 Å². The van der Waals surface area contributed by atoms with E-state index in [0.29, 0.717) is 19.1 Å². The monoisotopic (exact) mass is 336 g/mol. The van der Waals surface area contributed by atoms with Crippen molar-refractivity contribution in [2.24, 2.45) is 5.92 Å². The van der Waals surface area contributed by atoms with E-state index in [4.69, 9.17) is 4.74 Å². The summed E-state index contributed by atoms with van der Waals surface area (Å²) in [5.41, 5.74) is 0.831. The molecule has 134 valence electrons. The van der Waals surface area contributed by atoms with Gasteiger partial charge in [-0.05, 0) is 56.3 Å². The zero-order chi connectivity index (χ0) is 17.7. The molecule has 1 saturated carbocycles. The summed E-state index contributed by atoms with van der Waals surface area (Å²) < 4.78 is 18.7. The summed E-state index contributed by atoms with van der Waals surface area (Å²) in [6.07, 6.45) is 4.58. The molecule has 0 spiro atoms. The van der Waals surface area contributed by atoms with Crippen LogP contribution in [0.3, 0.4) is 0 Å². The van der Waals surface area contributed by atoms with E-state index in [2.05, 4.69) is 6.92 Å². The van der Waals surface area contributed by atoms with E-state index >= 15 is 0 Å². The Morgan fingerprint density at radius 1 is 1.25 bits per heavy atom. The molecular weight excluding hydrogens is 307 g/mol. The predicted octanol–water partition coefficient (Wildman–Crippen LogP) is 3.30. The number of ether oxygens (including phenoxy) is 1. The first-order valence-corrected chi connectivity index (χ1v) is 8.67. The van der Waals surface area contributed by atoms with Crippen molar-refractivity contribution in [3.63, 3.8) is 0 Å². The van der Waals surface area contributed by atoms with Gasteiger partial charge in [0.15, 0.2) is 11.6 Å². The second-order valence-corrected chi connectivity index (χ2v) is 7.06. The summed E-state index contributed by atoms with van der Waals surface area (Å²) in [4.78, 5) is 16.3.